The van der Waals surface area contributed by atoms with Crippen LogP contribution in [0.4, 0.5) is 39.5 Å². The average molecular weight is 444 g/mol. The molecule has 0 nitrogen and oxygen atoms in total. The van der Waals surface area contributed by atoms with Gasteiger partial charge >= 0.3 is 23.9 Å². The maximum absolute atomic E-state index is 13.6. The van der Waals surface area contributed by atoms with Gasteiger partial charge in [0.05, 0.1) is 0 Å². The second kappa shape index (κ2) is 6.69. The van der Waals surface area contributed by atoms with Crippen molar-refractivity contribution in [3.63, 3.8) is 0 Å². The van der Waals surface area contributed by atoms with Crippen molar-refractivity contribution in [1.82, 2.24) is 0 Å². The SMILES string of the molecule is CCCCC(I)C(C)C(F)(F)C(F)(F)C(F)(F)C(F)(F)F. The standard InChI is InChI=1S/C11H14F9I/c1-3-4-5-7(21)6(2)8(12,13)9(14,15)10(16,17)11(18,19)20/h6-7H,3-5H2,1-2H3. The summed E-state index contributed by atoms with van der Waals surface area (Å²) in [6, 6.07) is 0. The first kappa shape index (κ1) is 21.1. The topological polar surface area (TPSA) is 0 Å². The lowest BCUT2D eigenvalue weighted by Gasteiger charge is -2.38. The molecule has 0 radical (unpaired) electrons. The van der Waals surface area contributed by atoms with Crippen LogP contribution in [0.5, 0.6) is 0 Å². The van der Waals surface area contributed by atoms with E-state index in [1.54, 1.807) is 6.92 Å². The molecule has 0 aromatic carbocycles. The molecule has 128 valence electrons. The van der Waals surface area contributed by atoms with Crippen LogP contribution in [0, 0.1) is 5.92 Å². The molecule has 0 aromatic heterocycles. The molecule has 0 aliphatic heterocycles. The number of hydrogen-bond donors (Lipinski definition) is 0. The van der Waals surface area contributed by atoms with Gasteiger partial charge in [0.2, 0.25) is 0 Å². The van der Waals surface area contributed by atoms with Crippen LogP contribution in [0.25, 0.3) is 0 Å². The first-order chi connectivity index (χ1) is 9.14. The Hall–Kier alpha value is 0.1000. The van der Waals surface area contributed by atoms with Gasteiger partial charge < -0.3 is 0 Å². The first-order valence-electron chi connectivity index (χ1n) is 5.98. The number of unbranched alkanes of at least 4 members (excludes halogenated alkanes) is 1. The second-order valence-electron chi connectivity index (χ2n) is 4.72. The van der Waals surface area contributed by atoms with E-state index in [4.69, 9.17) is 0 Å². The molecule has 0 amide bonds. The second-order valence-corrected chi connectivity index (χ2v) is 6.32. The predicted molar refractivity (Wildman–Crippen MR) is 67.4 cm³/mol. The van der Waals surface area contributed by atoms with Gasteiger partial charge in [0.15, 0.2) is 0 Å². The van der Waals surface area contributed by atoms with Crippen molar-refractivity contribution in [3.05, 3.63) is 0 Å². The van der Waals surface area contributed by atoms with Gasteiger partial charge in [-0.25, -0.2) is 0 Å². The van der Waals surface area contributed by atoms with Crippen LogP contribution in [0.1, 0.15) is 33.1 Å². The Morgan fingerprint density at radius 1 is 0.857 bits per heavy atom. The van der Waals surface area contributed by atoms with Crippen LogP contribution in [0.2, 0.25) is 0 Å². The molecule has 0 heterocycles. The zero-order valence-electron chi connectivity index (χ0n) is 11.1. The van der Waals surface area contributed by atoms with Crippen molar-refractivity contribution in [2.24, 2.45) is 5.92 Å². The summed E-state index contributed by atoms with van der Waals surface area (Å²) < 4.78 is 114. The fourth-order valence-electron chi connectivity index (χ4n) is 1.55. The van der Waals surface area contributed by atoms with Crippen molar-refractivity contribution < 1.29 is 39.5 Å². The van der Waals surface area contributed by atoms with Gasteiger partial charge in [-0.3, -0.25) is 0 Å². The van der Waals surface area contributed by atoms with E-state index in [1.165, 1.54) is 22.6 Å². The van der Waals surface area contributed by atoms with E-state index in [0.717, 1.165) is 0 Å². The average Bonchev–Trinajstić information content (AvgIpc) is 2.32. The van der Waals surface area contributed by atoms with E-state index in [0.29, 0.717) is 19.8 Å². The minimum atomic E-state index is -6.81. The molecule has 0 rings (SSSR count). The minimum absolute atomic E-state index is 0.0154. The zero-order valence-corrected chi connectivity index (χ0v) is 13.2. The van der Waals surface area contributed by atoms with Crippen LogP contribution in [0.15, 0.2) is 0 Å². The van der Waals surface area contributed by atoms with E-state index < -0.39 is 33.8 Å². The zero-order chi connectivity index (χ0) is 17.3. The van der Waals surface area contributed by atoms with Crippen molar-refractivity contribution in [3.8, 4) is 0 Å². The summed E-state index contributed by atoms with van der Waals surface area (Å²) in [7, 11) is 0. The number of halogens is 10. The Bertz CT molecular complexity index is 337. The van der Waals surface area contributed by atoms with Gasteiger partial charge in [0.25, 0.3) is 0 Å². The Morgan fingerprint density at radius 3 is 1.62 bits per heavy atom. The van der Waals surface area contributed by atoms with Gasteiger partial charge in [-0.1, -0.05) is 49.3 Å². The summed E-state index contributed by atoms with van der Waals surface area (Å²) in [6.45, 7) is 2.24. The maximum Gasteiger partial charge on any atom is 0.460 e. The number of alkyl halides is 10. The van der Waals surface area contributed by atoms with Crippen LogP contribution in [-0.4, -0.2) is 27.9 Å². The molecule has 0 aliphatic rings. The molecule has 0 N–H and O–H groups in total. The third kappa shape index (κ3) is 3.90. The molecular weight excluding hydrogens is 430 g/mol. The van der Waals surface area contributed by atoms with Crippen molar-refractivity contribution in [2.45, 2.75) is 61.0 Å². The molecule has 0 fully saturated rings. The summed E-state index contributed by atoms with van der Waals surface area (Å²) in [5.74, 6) is -21.2. The minimum Gasteiger partial charge on any atom is -0.199 e. The summed E-state index contributed by atoms with van der Waals surface area (Å²) >= 11 is 1.37. The van der Waals surface area contributed by atoms with Gasteiger partial charge in [0, 0.05) is 9.84 Å². The number of rotatable bonds is 7. The number of hydrogen-bond acceptors (Lipinski definition) is 0. The van der Waals surface area contributed by atoms with Crippen LogP contribution >= 0.6 is 22.6 Å². The lowest BCUT2D eigenvalue weighted by Crippen LogP contribution is -2.63. The Balaban J connectivity index is 5.46. The van der Waals surface area contributed by atoms with Crippen LogP contribution < -0.4 is 0 Å². The molecule has 0 bridgehead atoms. The Labute approximate surface area is 129 Å². The van der Waals surface area contributed by atoms with Gasteiger partial charge in [-0.15, -0.1) is 0 Å². The monoisotopic (exact) mass is 444 g/mol. The highest BCUT2D eigenvalue weighted by Crippen LogP contribution is 2.56. The highest BCUT2D eigenvalue weighted by atomic mass is 127. The van der Waals surface area contributed by atoms with E-state index in [-0.39, 0.29) is 6.42 Å². The highest BCUT2D eigenvalue weighted by Gasteiger charge is 2.82. The molecule has 2 unspecified atom stereocenters. The van der Waals surface area contributed by atoms with Gasteiger partial charge in [-0.2, -0.15) is 39.5 Å². The van der Waals surface area contributed by atoms with E-state index in [9.17, 15) is 39.5 Å². The van der Waals surface area contributed by atoms with Gasteiger partial charge in [0.1, 0.15) is 0 Å². The molecule has 21 heavy (non-hydrogen) atoms. The molecule has 0 aliphatic carbocycles. The first-order valence-corrected chi connectivity index (χ1v) is 7.23. The normalized spacial score (nSPS) is 17.7. The molecule has 2 atom stereocenters. The Morgan fingerprint density at radius 2 is 1.29 bits per heavy atom. The highest BCUT2D eigenvalue weighted by molar-refractivity contribution is 14.1. The maximum atomic E-state index is 13.6. The summed E-state index contributed by atoms with van der Waals surface area (Å²) in [6.07, 6.45) is -5.83. The fourth-order valence-corrected chi connectivity index (χ4v) is 2.44. The molecular formula is C11H14F9I. The van der Waals surface area contributed by atoms with Crippen molar-refractivity contribution >= 4 is 22.6 Å². The quantitative estimate of drug-likeness (QED) is 0.254. The van der Waals surface area contributed by atoms with E-state index in [2.05, 4.69) is 0 Å². The van der Waals surface area contributed by atoms with Crippen LogP contribution in [0.3, 0.4) is 0 Å². The fraction of sp³-hybridized carbons (Fsp3) is 1.00. The third-order valence-electron chi connectivity index (χ3n) is 3.12. The summed E-state index contributed by atoms with van der Waals surface area (Å²) in [5.41, 5.74) is 0. The van der Waals surface area contributed by atoms with Gasteiger partial charge in [-0.05, 0) is 6.42 Å². The molecule has 0 aromatic rings. The van der Waals surface area contributed by atoms with Crippen molar-refractivity contribution in [2.75, 3.05) is 0 Å². The smallest absolute Gasteiger partial charge is 0.199 e. The lowest BCUT2D eigenvalue weighted by molar-refractivity contribution is -0.402. The molecule has 0 saturated heterocycles. The molecule has 10 heteroatoms. The lowest BCUT2D eigenvalue weighted by atomic mass is 9.89. The third-order valence-corrected chi connectivity index (χ3v) is 4.82. The summed E-state index contributed by atoms with van der Waals surface area (Å²) in [5, 5.41) is 0. The predicted octanol–water partition coefficient (Wildman–Crippen LogP) is 6.08. The van der Waals surface area contributed by atoms with Crippen molar-refractivity contribution in [1.29, 1.82) is 0 Å². The van der Waals surface area contributed by atoms with Crippen LogP contribution in [-0.2, 0) is 0 Å². The Kier molecular flexibility index (Phi) is 6.72. The summed E-state index contributed by atoms with van der Waals surface area (Å²) in [4.78, 5) is 0. The van der Waals surface area contributed by atoms with E-state index in [1.807, 2.05) is 0 Å². The molecule has 0 spiro atoms. The largest absolute Gasteiger partial charge is 0.460 e. The molecule has 0 saturated carbocycles. The van der Waals surface area contributed by atoms with E-state index >= 15 is 0 Å².